The van der Waals surface area contributed by atoms with Gasteiger partial charge in [-0.15, -0.1) is 0 Å². The molecule has 0 aliphatic carbocycles. The number of piperidine rings is 2. The molecule has 0 spiro atoms. The number of carboxylic acid groups (broad SMARTS) is 1. The fourth-order valence-corrected chi connectivity index (χ4v) is 8.33. The van der Waals surface area contributed by atoms with Crippen molar-refractivity contribution < 1.29 is 42.2 Å². The van der Waals surface area contributed by atoms with Crippen molar-refractivity contribution in [3.8, 4) is 0 Å². The van der Waals surface area contributed by atoms with Gasteiger partial charge in [-0.05, 0) is 68.4 Å². The number of benzene rings is 2. The lowest BCUT2D eigenvalue weighted by Crippen LogP contribution is -2.61. The lowest BCUT2D eigenvalue weighted by atomic mass is 9.87. The second-order valence-corrected chi connectivity index (χ2v) is 15.2. The van der Waals surface area contributed by atoms with Crippen LogP contribution in [0.15, 0.2) is 36.4 Å². The van der Waals surface area contributed by atoms with E-state index in [9.17, 15) is 32.3 Å². The molecule has 294 valence electrons. The summed E-state index contributed by atoms with van der Waals surface area (Å²) in [5.74, 6) is -1.39. The van der Waals surface area contributed by atoms with Crippen LogP contribution in [0.25, 0.3) is 0 Å². The molecule has 17 heteroatoms. The number of piperazine rings is 1. The van der Waals surface area contributed by atoms with Gasteiger partial charge in [0.25, 0.3) is 5.91 Å². The van der Waals surface area contributed by atoms with Crippen LogP contribution in [0.1, 0.15) is 49.3 Å². The maximum Gasteiger partial charge on any atom is 0.418 e. The molecule has 54 heavy (non-hydrogen) atoms. The molecule has 4 amide bonds. The van der Waals surface area contributed by atoms with E-state index in [4.69, 9.17) is 27.2 Å². The van der Waals surface area contributed by atoms with E-state index < -0.39 is 41.5 Å². The summed E-state index contributed by atoms with van der Waals surface area (Å²) in [6.07, 6.45) is -4.18. The Balaban J connectivity index is 1.11. The molecular weight excluding hydrogens is 731 g/mol. The first-order valence-corrected chi connectivity index (χ1v) is 18.7. The summed E-state index contributed by atoms with van der Waals surface area (Å²) in [7, 11) is 0. The van der Waals surface area contributed by atoms with Crippen molar-refractivity contribution in [3.05, 3.63) is 58.1 Å². The minimum Gasteiger partial charge on any atom is -0.480 e. The quantitative estimate of drug-likeness (QED) is 0.326. The number of para-hydroxylation sites is 1. The number of nitrogens with zero attached hydrogens (tertiary/aromatic N) is 5. The monoisotopic (exact) mass is 777 g/mol. The first-order chi connectivity index (χ1) is 25.6. The van der Waals surface area contributed by atoms with Crippen LogP contribution >= 0.6 is 11.6 Å². The number of hydrogen-bond donors (Lipinski definition) is 3. The van der Waals surface area contributed by atoms with Gasteiger partial charge in [-0.2, -0.15) is 13.2 Å². The van der Waals surface area contributed by atoms with Crippen LogP contribution in [0.5, 0.6) is 0 Å². The smallest absolute Gasteiger partial charge is 0.418 e. The number of rotatable bonds is 8. The number of anilines is 2. The highest BCUT2D eigenvalue weighted by atomic mass is 35.5. The van der Waals surface area contributed by atoms with Crippen molar-refractivity contribution in [3.63, 3.8) is 0 Å². The third-order valence-electron chi connectivity index (χ3n) is 11.4. The average Bonchev–Trinajstić information content (AvgIpc) is 3.31. The summed E-state index contributed by atoms with van der Waals surface area (Å²) in [4.78, 5) is 61.0. The van der Waals surface area contributed by atoms with E-state index in [2.05, 4.69) is 17.1 Å². The molecule has 4 N–H and O–H groups in total. The number of urea groups is 1. The van der Waals surface area contributed by atoms with Gasteiger partial charge >= 0.3 is 24.3 Å². The fourth-order valence-electron chi connectivity index (χ4n) is 8.08. The van der Waals surface area contributed by atoms with Gasteiger partial charge < -0.3 is 35.6 Å². The molecule has 3 saturated heterocycles. The molecule has 0 aromatic heterocycles. The summed E-state index contributed by atoms with van der Waals surface area (Å²) >= 11 is 6.12. The van der Waals surface area contributed by atoms with Gasteiger partial charge in [0.1, 0.15) is 0 Å². The first-order valence-electron chi connectivity index (χ1n) is 18.4. The van der Waals surface area contributed by atoms with Crippen LogP contribution < -0.4 is 11.1 Å². The normalized spacial score (nSPS) is 20.8. The summed E-state index contributed by atoms with van der Waals surface area (Å²) in [5, 5.41) is 11.8. The Morgan fingerprint density at radius 1 is 1.00 bits per heavy atom. The molecule has 2 aromatic rings. The Bertz CT molecular complexity index is 1720. The third kappa shape index (κ3) is 8.98. The van der Waals surface area contributed by atoms with Crippen molar-refractivity contribution >= 4 is 47.0 Å². The van der Waals surface area contributed by atoms with Crippen molar-refractivity contribution in [2.45, 2.75) is 69.3 Å². The summed E-state index contributed by atoms with van der Waals surface area (Å²) in [5.41, 5.74) is 5.57. The Labute approximate surface area is 317 Å². The molecule has 6 rings (SSSR count). The lowest BCUT2D eigenvalue weighted by Gasteiger charge is -2.49. The second-order valence-electron chi connectivity index (χ2n) is 14.8. The molecule has 0 saturated carbocycles. The minimum atomic E-state index is -4.80. The van der Waals surface area contributed by atoms with E-state index in [-0.39, 0.29) is 54.3 Å². The number of carboxylic acids is 1. The van der Waals surface area contributed by atoms with Crippen LogP contribution in [0.3, 0.4) is 0 Å². The molecule has 4 aliphatic heterocycles. The number of fused-ring (bicyclic) bond motifs is 1. The van der Waals surface area contributed by atoms with E-state index in [1.165, 1.54) is 11.0 Å². The van der Waals surface area contributed by atoms with Crippen LogP contribution in [-0.4, -0.2) is 137 Å². The molecule has 13 nitrogen and oxygen atoms in total. The zero-order valence-corrected chi connectivity index (χ0v) is 31.0. The number of amides is 4. The number of carbonyl (C=O) groups excluding carboxylic acids is 3. The summed E-state index contributed by atoms with van der Waals surface area (Å²) in [6.45, 7) is 6.11. The zero-order chi connectivity index (χ0) is 38.8. The number of likely N-dealkylation sites (tertiary alicyclic amines) is 2. The Morgan fingerprint density at radius 2 is 1.67 bits per heavy atom. The number of halogens is 4. The van der Waals surface area contributed by atoms with Crippen LogP contribution in [0.2, 0.25) is 5.02 Å². The van der Waals surface area contributed by atoms with Gasteiger partial charge in [0.2, 0.25) is 0 Å². The number of nitrogens with one attached hydrogen (secondary N) is 1. The van der Waals surface area contributed by atoms with Crippen LogP contribution in [0.4, 0.5) is 34.1 Å². The SMILES string of the molecule is CC1(N2CCN(C(=O)C(Cc3cc(Cl)c(N)c(C(F)(F)F)c3)OC(=O)N3CCC(N4CCc5ccccc5NC4=O)CC3)CC2)CCN(CC(=O)O)CC1. The fraction of sp³-hybridized carbons (Fsp3) is 0.568. The topological polar surface area (TPSA) is 152 Å². The molecule has 0 radical (unpaired) electrons. The van der Waals surface area contributed by atoms with E-state index >= 15 is 0 Å². The van der Waals surface area contributed by atoms with Gasteiger partial charge in [-0.1, -0.05) is 29.8 Å². The summed E-state index contributed by atoms with van der Waals surface area (Å²) < 4.78 is 47.4. The molecule has 2 aromatic carbocycles. The Kier molecular flexibility index (Phi) is 11.8. The van der Waals surface area contributed by atoms with E-state index in [0.29, 0.717) is 65.1 Å². The second kappa shape index (κ2) is 16.2. The number of nitrogen functional groups attached to an aromatic ring is 1. The van der Waals surface area contributed by atoms with Gasteiger partial charge in [0.15, 0.2) is 6.10 Å². The predicted molar refractivity (Wildman–Crippen MR) is 195 cm³/mol. The maximum atomic E-state index is 14.1. The molecule has 4 heterocycles. The highest BCUT2D eigenvalue weighted by molar-refractivity contribution is 6.33. The van der Waals surface area contributed by atoms with Crippen LogP contribution in [-0.2, 0) is 33.3 Å². The van der Waals surface area contributed by atoms with E-state index in [1.807, 2.05) is 29.2 Å². The number of hydrogen-bond acceptors (Lipinski definition) is 8. The Morgan fingerprint density at radius 3 is 2.31 bits per heavy atom. The van der Waals surface area contributed by atoms with E-state index in [1.54, 1.807) is 9.80 Å². The number of carbonyl (C=O) groups is 4. The Hall–Kier alpha value is -4.28. The van der Waals surface area contributed by atoms with Gasteiger partial charge in [-0.25, -0.2) is 9.59 Å². The van der Waals surface area contributed by atoms with Crippen LogP contribution in [0, 0.1) is 0 Å². The highest BCUT2D eigenvalue weighted by Crippen LogP contribution is 2.38. The van der Waals surface area contributed by atoms with Crippen molar-refractivity contribution in [2.24, 2.45) is 0 Å². The van der Waals surface area contributed by atoms with E-state index in [0.717, 1.165) is 30.2 Å². The number of ether oxygens (including phenoxy) is 1. The molecule has 0 bridgehead atoms. The molecule has 3 fully saturated rings. The standard InChI is InChI=1S/C37H47ClF3N7O6/c1-36(9-14-44(15-10-36)23-31(49)50)47-18-16-45(17-19-47)33(51)30(22-24-20-27(37(39,40)41)32(42)28(38)21-24)54-35(53)46-11-7-26(8-12-46)48-13-6-25-4-2-3-5-29(25)43-34(48)52/h2-5,20-21,26,30H,6-19,22-23,42H2,1H3,(H,43,52)(H,49,50). The molecule has 4 aliphatic rings. The van der Waals surface area contributed by atoms with Gasteiger partial charge in [0.05, 0.1) is 22.8 Å². The first kappa shape index (κ1) is 39.4. The molecular formula is C37H47ClF3N7O6. The number of alkyl halides is 3. The molecule has 1 atom stereocenters. The minimum absolute atomic E-state index is 0.00892. The maximum absolute atomic E-state index is 14.1. The third-order valence-corrected chi connectivity index (χ3v) is 11.7. The number of aliphatic carboxylic acids is 1. The van der Waals surface area contributed by atoms with Crippen molar-refractivity contribution in [1.82, 2.24) is 24.5 Å². The summed E-state index contributed by atoms with van der Waals surface area (Å²) in [6, 6.07) is 9.40. The predicted octanol–water partition coefficient (Wildman–Crippen LogP) is 4.63. The van der Waals surface area contributed by atoms with Crippen molar-refractivity contribution in [1.29, 1.82) is 0 Å². The lowest BCUT2D eigenvalue weighted by molar-refractivity contribution is -0.144. The van der Waals surface area contributed by atoms with Gasteiger partial charge in [-0.3, -0.25) is 19.4 Å². The zero-order valence-electron chi connectivity index (χ0n) is 30.2. The average molecular weight is 778 g/mol. The highest BCUT2D eigenvalue weighted by Gasteiger charge is 2.41. The van der Waals surface area contributed by atoms with Crippen molar-refractivity contribution in [2.75, 3.05) is 76.5 Å². The molecule has 1 unspecified atom stereocenters. The van der Waals surface area contributed by atoms with Gasteiger partial charge in [0, 0.05) is 82.6 Å². The largest absolute Gasteiger partial charge is 0.480 e. The number of nitrogens with two attached hydrogens (primary N) is 1.